The molecule has 0 fully saturated rings. The van der Waals surface area contributed by atoms with Gasteiger partial charge in [0.05, 0.1) is 6.61 Å². The van der Waals surface area contributed by atoms with Gasteiger partial charge in [-0.3, -0.25) is 4.79 Å². The molecular formula is C15H22NNaO4. The number of esters is 2. The Morgan fingerprint density at radius 3 is 2.57 bits per heavy atom. The number of nitrogens with one attached hydrogen (secondary N) is 1. The van der Waals surface area contributed by atoms with E-state index in [9.17, 15) is 9.59 Å². The summed E-state index contributed by atoms with van der Waals surface area (Å²) in [4.78, 5) is 22.3. The SMILES string of the molecule is CCOC(=O)C=C(C)NCC1=C(OC(C)=O)CC=CC1.[NaH]. The molecule has 0 aromatic carbocycles. The third-order valence-corrected chi connectivity index (χ3v) is 2.70. The molecule has 21 heavy (non-hydrogen) atoms. The number of carbonyl (C=O) groups is 2. The van der Waals surface area contributed by atoms with Gasteiger partial charge in [0, 0.05) is 31.7 Å². The molecule has 0 amide bonds. The summed E-state index contributed by atoms with van der Waals surface area (Å²) in [5.41, 5.74) is 1.73. The molecule has 0 aromatic rings. The Morgan fingerprint density at radius 2 is 1.95 bits per heavy atom. The van der Waals surface area contributed by atoms with Gasteiger partial charge >= 0.3 is 41.5 Å². The van der Waals surface area contributed by atoms with E-state index >= 15 is 0 Å². The van der Waals surface area contributed by atoms with Crippen molar-refractivity contribution in [3.63, 3.8) is 0 Å². The quantitative estimate of drug-likeness (QED) is 0.349. The van der Waals surface area contributed by atoms with Crippen molar-refractivity contribution in [2.75, 3.05) is 13.2 Å². The van der Waals surface area contributed by atoms with Crippen LogP contribution in [0, 0.1) is 0 Å². The molecule has 1 aliphatic carbocycles. The second kappa shape index (κ2) is 10.7. The van der Waals surface area contributed by atoms with E-state index in [0.717, 1.165) is 12.0 Å². The Hall–Kier alpha value is -1.04. The number of carbonyl (C=O) groups excluding carboxylic acids is 2. The van der Waals surface area contributed by atoms with E-state index in [1.54, 1.807) is 13.8 Å². The fourth-order valence-electron chi connectivity index (χ4n) is 1.79. The van der Waals surface area contributed by atoms with Gasteiger partial charge in [-0.15, -0.1) is 0 Å². The number of allylic oxidation sites excluding steroid dienone is 3. The zero-order valence-corrected chi connectivity index (χ0v) is 12.2. The molecule has 1 aliphatic rings. The van der Waals surface area contributed by atoms with Crippen LogP contribution in [-0.2, 0) is 19.1 Å². The van der Waals surface area contributed by atoms with Crippen LogP contribution in [0.15, 0.2) is 35.3 Å². The van der Waals surface area contributed by atoms with Crippen LogP contribution in [-0.4, -0.2) is 54.6 Å². The Kier molecular flexibility index (Phi) is 10.1. The maximum absolute atomic E-state index is 11.3. The molecule has 0 spiro atoms. The molecule has 0 atom stereocenters. The predicted molar refractivity (Wildman–Crippen MR) is 82.7 cm³/mol. The van der Waals surface area contributed by atoms with E-state index in [0.29, 0.717) is 31.0 Å². The normalized spacial score (nSPS) is 14.3. The number of ether oxygens (including phenoxy) is 2. The first kappa shape index (κ1) is 20.0. The molecule has 0 bridgehead atoms. The summed E-state index contributed by atoms with van der Waals surface area (Å²) in [7, 11) is 0. The van der Waals surface area contributed by atoms with E-state index in [2.05, 4.69) is 5.32 Å². The molecular weight excluding hydrogens is 281 g/mol. The van der Waals surface area contributed by atoms with Crippen LogP contribution in [0.5, 0.6) is 0 Å². The fourth-order valence-corrected chi connectivity index (χ4v) is 1.79. The van der Waals surface area contributed by atoms with Gasteiger partial charge in [-0.05, 0) is 25.8 Å². The minimum atomic E-state index is -0.366. The average molecular weight is 303 g/mol. The molecule has 0 radical (unpaired) electrons. The second-order valence-corrected chi connectivity index (χ2v) is 4.43. The van der Waals surface area contributed by atoms with Crippen LogP contribution < -0.4 is 5.32 Å². The third-order valence-electron chi connectivity index (χ3n) is 2.70. The van der Waals surface area contributed by atoms with Crippen molar-refractivity contribution in [1.29, 1.82) is 0 Å². The zero-order valence-electron chi connectivity index (χ0n) is 12.2. The van der Waals surface area contributed by atoms with E-state index in [1.807, 2.05) is 12.2 Å². The fraction of sp³-hybridized carbons (Fsp3) is 0.467. The van der Waals surface area contributed by atoms with Crippen molar-refractivity contribution in [2.24, 2.45) is 0 Å². The Balaban J connectivity index is 0.00000400. The van der Waals surface area contributed by atoms with E-state index in [1.165, 1.54) is 13.0 Å². The summed E-state index contributed by atoms with van der Waals surface area (Å²) in [5, 5.41) is 3.12. The zero-order chi connectivity index (χ0) is 15.0. The molecule has 0 heterocycles. The monoisotopic (exact) mass is 303 g/mol. The first-order valence-corrected chi connectivity index (χ1v) is 6.66. The van der Waals surface area contributed by atoms with Gasteiger partial charge in [0.25, 0.3) is 0 Å². The van der Waals surface area contributed by atoms with Crippen molar-refractivity contribution in [3.8, 4) is 0 Å². The van der Waals surface area contributed by atoms with Gasteiger partial charge in [0.15, 0.2) is 0 Å². The van der Waals surface area contributed by atoms with Gasteiger partial charge < -0.3 is 14.8 Å². The average Bonchev–Trinajstić information content (AvgIpc) is 2.37. The Bertz CT molecular complexity index is 466. The summed E-state index contributed by atoms with van der Waals surface area (Å²) in [6, 6.07) is 0. The standard InChI is InChI=1S/C15H21NO4.Na.H/c1-4-19-15(18)9-11(2)16-10-13-7-5-6-8-14(13)20-12(3)17;;/h5-6,9,16H,4,7-8,10H2,1-3H3;;. The van der Waals surface area contributed by atoms with E-state index in [4.69, 9.17) is 9.47 Å². The summed E-state index contributed by atoms with van der Waals surface area (Å²) in [6.45, 7) is 5.84. The Morgan fingerprint density at radius 1 is 1.29 bits per heavy atom. The van der Waals surface area contributed by atoms with Crippen molar-refractivity contribution >= 4 is 41.5 Å². The molecule has 6 heteroatoms. The molecule has 0 aliphatic heterocycles. The molecule has 0 unspecified atom stereocenters. The van der Waals surface area contributed by atoms with Crippen molar-refractivity contribution in [1.82, 2.24) is 5.32 Å². The molecule has 0 aromatic heterocycles. The first-order chi connectivity index (χ1) is 9.52. The third kappa shape index (κ3) is 8.09. The van der Waals surface area contributed by atoms with Crippen LogP contribution in [0.25, 0.3) is 0 Å². The number of hydrogen-bond acceptors (Lipinski definition) is 5. The van der Waals surface area contributed by atoms with Gasteiger partial charge in [-0.1, -0.05) is 12.2 Å². The molecule has 0 saturated carbocycles. The first-order valence-electron chi connectivity index (χ1n) is 6.66. The van der Waals surface area contributed by atoms with E-state index in [-0.39, 0.29) is 41.5 Å². The van der Waals surface area contributed by atoms with Crippen molar-refractivity contribution in [3.05, 3.63) is 35.3 Å². The van der Waals surface area contributed by atoms with Crippen molar-refractivity contribution in [2.45, 2.75) is 33.6 Å². The topological polar surface area (TPSA) is 64.6 Å². The van der Waals surface area contributed by atoms with E-state index < -0.39 is 0 Å². The van der Waals surface area contributed by atoms with Crippen LogP contribution in [0.4, 0.5) is 0 Å². The van der Waals surface area contributed by atoms with Crippen LogP contribution >= 0.6 is 0 Å². The van der Waals surface area contributed by atoms with Gasteiger partial charge in [0.1, 0.15) is 5.76 Å². The van der Waals surface area contributed by atoms with Crippen LogP contribution in [0.1, 0.15) is 33.6 Å². The summed E-state index contributed by atoms with van der Waals surface area (Å²) in [5.74, 6) is 0.0123. The molecule has 5 nitrogen and oxygen atoms in total. The summed E-state index contributed by atoms with van der Waals surface area (Å²) >= 11 is 0. The summed E-state index contributed by atoms with van der Waals surface area (Å²) < 4.78 is 10.0. The molecule has 0 saturated heterocycles. The van der Waals surface area contributed by atoms with Gasteiger partial charge in [-0.2, -0.15) is 0 Å². The maximum atomic E-state index is 11.3. The molecule has 1 N–H and O–H groups in total. The van der Waals surface area contributed by atoms with Crippen LogP contribution in [0.3, 0.4) is 0 Å². The number of hydrogen-bond donors (Lipinski definition) is 1. The van der Waals surface area contributed by atoms with Crippen LogP contribution in [0.2, 0.25) is 0 Å². The number of rotatable bonds is 6. The second-order valence-electron chi connectivity index (χ2n) is 4.43. The predicted octanol–water partition coefficient (Wildman–Crippen LogP) is 1.56. The van der Waals surface area contributed by atoms with Gasteiger partial charge in [0.2, 0.25) is 0 Å². The molecule has 112 valence electrons. The molecule has 1 rings (SSSR count). The minimum absolute atomic E-state index is 0. The van der Waals surface area contributed by atoms with Gasteiger partial charge in [-0.25, -0.2) is 4.79 Å². The summed E-state index contributed by atoms with van der Waals surface area (Å²) in [6.07, 6.45) is 6.78. The van der Waals surface area contributed by atoms with Crippen molar-refractivity contribution < 1.29 is 19.1 Å². The Labute approximate surface area is 147 Å².